The third kappa shape index (κ3) is 3.64. The minimum absolute atomic E-state index is 0.736. The summed E-state index contributed by atoms with van der Waals surface area (Å²) >= 11 is 0. The van der Waals surface area contributed by atoms with Crippen LogP contribution in [-0.2, 0) is 17.8 Å². The van der Waals surface area contributed by atoms with Gasteiger partial charge in [-0.2, -0.15) is 5.10 Å². The molecule has 0 fully saturated rings. The van der Waals surface area contributed by atoms with Gasteiger partial charge in [-0.25, -0.2) is 0 Å². The SMILES string of the molecule is CCNCc1cnn(CCOCC)c1C. The minimum Gasteiger partial charge on any atom is -0.380 e. The fraction of sp³-hybridized carbons (Fsp3) is 0.727. The molecular weight excluding hydrogens is 190 g/mol. The molecule has 0 saturated heterocycles. The minimum atomic E-state index is 0.736. The van der Waals surface area contributed by atoms with Crippen LogP contribution in [0.25, 0.3) is 0 Å². The second-order valence-corrected chi connectivity index (χ2v) is 3.46. The molecule has 0 aliphatic rings. The average molecular weight is 211 g/mol. The van der Waals surface area contributed by atoms with Crippen LogP contribution in [-0.4, -0.2) is 29.5 Å². The van der Waals surface area contributed by atoms with Gasteiger partial charge < -0.3 is 10.1 Å². The first-order valence-electron chi connectivity index (χ1n) is 5.59. The summed E-state index contributed by atoms with van der Waals surface area (Å²) in [6, 6.07) is 0. The number of hydrogen-bond acceptors (Lipinski definition) is 3. The Balaban J connectivity index is 2.47. The molecular formula is C11H21N3O. The molecule has 15 heavy (non-hydrogen) atoms. The summed E-state index contributed by atoms with van der Waals surface area (Å²) in [7, 11) is 0. The lowest BCUT2D eigenvalue weighted by Crippen LogP contribution is -2.13. The van der Waals surface area contributed by atoms with Crippen LogP contribution in [0.4, 0.5) is 0 Å². The second kappa shape index (κ2) is 6.58. The summed E-state index contributed by atoms with van der Waals surface area (Å²) in [6.45, 7) is 10.4. The Labute approximate surface area is 91.6 Å². The zero-order chi connectivity index (χ0) is 11.1. The Morgan fingerprint density at radius 1 is 1.47 bits per heavy atom. The zero-order valence-corrected chi connectivity index (χ0v) is 9.92. The van der Waals surface area contributed by atoms with Crippen molar-refractivity contribution in [3.05, 3.63) is 17.5 Å². The van der Waals surface area contributed by atoms with Crippen molar-refractivity contribution in [3.8, 4) is 0 Å². The Kier molecular flexibility index (Phi) is 5.36. The van der Waals surface area contributed by atoms with E-state index in [0.29, 0.717) is 0 Å². The van der Waals surface area contributed by atoms with Gasteiger partial charge in [-0.1, -0.05) is 6.92 Å². The quantitative estimate of drug-likeness (QED) is 0.692. The first-order chi connectivity index (χ1) is 7.29. The maximum Gasteiger partial charge on any atom is 0.0662 e. The molecule has 1 aromatic rings. The summed E-state index contributed by atoms with van der Waals surface area (Å²) in [5.74, 6) is 0. The number of rotatable bonds is 7. The first kappa shape index (κ1) is 12.2. The zero-order valence-electron chi connectivity index (χ0n) is 9.92. The smallest absolute Gasteiger partial charge is 0.0662 e. The van der Waals surface area contributed by atoms with Crippen molar-refractivity contribution in [2.75, 3.05) is 19.8 Å². The molecule has 86 valence electrons. The van der Waals surface area contributed by atoms with E-state index in [9.17, 15) is 0 Å². The number of nitrogens with one attached hydrogen (secondary N) is 1. The largest absolute Gasteiger partial charge is 0.380 e. The number of hydrogen-bond donors (Lipinski definition) is 1. The van der Waals surface area contributed by atoms with Crippen molar-refractivity contribution in [3.63, 3.8) is 0 Å². The highest BCUT2D eigenvalue weighted by molar-refractivity contribution is 5.15. The Morgan fingerprint density at radius 3 is 2.93 bits per heavy atom. The molecule has 0 bridgehead atoms. The summed E-state index contributed by atoms with van der Waals surface area (Å²) in [5.41, 5.74) is 2.50. The van der Waals surface area contributed by atoms with Gasteiger partial charge in [0.05, 0.1) is 19.3 Å². The van der Waals surface area contributed by atoms with E-state index in [2.05, 4.69) is 24.3 Å². The van der Waals surface area contributed by atoms with Crippen molar-refractivity contribution < 1.29 is 4.74 Å². The molecule has 0 aliphatic carbocycles. The molecule has 0 atom stereocenters. The third-order valence-corrected chi connectivity index (χ3v) is 2.42. The fourth-order valence-electron chi connectivity index (χ4n) is 1.44. The van der Waals surface area contributed by atoms with Crippen molar-refractivity contribution >= 4 is 0 Å². The van der Waals surface area contributed by atoms with E-state index in [1.54, 1.807) is 0 Å². The van der Waals surface area contributed by atoms with E-state index >= 15 is 0 Å². The van der Waals surface area contributed by atoms with E-state index in [-0.39, 0.29) is 0 Å². The van der Waals surface area contributed by atoms with Gasteiger partial charge in [0.2, 0.25) is 0 Å². The molecule has 0 amide bonds. The van der Waals surface area contributed by atoms with E-state index in [0.717, 1.165) is 32.8 Å². The highest BCUT2D eigenvalue weighted by Gasteiger charge is 2.04. The lowest BCUT2D eigenvalue weighted by molar-refractivity contribution is 0.136. The third-order valence-electron chi connectivity index (χ3n) is 2.42. The lowest BCUT2D eigenvalue weighted by atomic mass is 10.2. The molecule has 0 radical (unpaired) electrons. The molecule has 4 nitrogen and oxygen atoms in total. The molecule has 0 saturated carbocycles. The van der Waals surface area contributed by atoms with Gasteiger partial charge in [0, 0.05) is 24.4 Å². The van der Waals surface area contributed by atoms with Crippen LogP contribution in [0.3, 0.4) is 0 Å². The standard InChI is InChI=1S/C11H21N3O/c1-4-12-8-11-9-13-14(10(11)3)6-7-15-5-2/h9,12H,4-8H2,1-3H3. The fourth-order valence-corrected chi connectivity index (χ4v) is 1.44. The predicted octanol–water partition coefficient (Wildman–Crippen LogP) is 1.34. The van der Waals surface area contributed by atoms with Gasteiger partial charge in [-0.05, 0) is 20.4 Å². The summed E-state index contributed by atoms with van der Waals surface area (Å²) in [6.07, 6.45) is 1.93. The maximum absolute atomic E-state index is 5.31. The lowest BCUT2D eigenvalue weighted by Gasteiger charge is -2.05. The molecule has 4 heteroatoms. The highest BCUT2D eigenvalue weighted by atomic mass is 16.5. The van der Waals surface area contributed by atoms with E-state index in [1.807, 2.05) is 17.8 Å². The van der Waals surface area contributed by atoms with Gasteiger partial charge in [0.15, 0.2) is 0 Å². The second-order valence-electron chi connectivity index (χ2n) is 3.46. The van der Waals surface area contributed by atoms with E-state index < -0.39 is 0 Å². The van der Waals surface area contributed by atoms with E-state index in [4.69, 9.17) is 4.74 Å². The monoisotopic (exact) mass is 211 g/mol. The van der Waals surface area contributed by atoms with Crippen molar-refractivity contribution in [2.24, 2.45) is 0 Å². The molecule has 1 heterocycles. The Morgan fingerprint density at radius 2 is 2.27 bits per heavy atom. The molecule has 0 aromatic carbocycles. The maximum atomic E-state index is 5.31. The van der Waals surface area contributed by atoms with Gasteiger partial charge in [0.1, 0.15) is 0 Å². The van der Waals surface area contributed by atoms with Gasteiger partial charge in [-0.15, -0.1) is 0 Å². The Bertz CT molecular complexity index is 283. The van der Waals surface area contributed by atoms with Crippen LogP contribution in [0, 0.1) is 6.92 Å². The summed E-state index contributed by atoms with van der Waals surface area (Å²) < 4.78 is 7.31. The van der Waals surface area contributed by atoms with Gasteiger partial charge in [0.25, 0.3) is 0 Å². The van der Waals surface area contributed by atoms with Crippen LogP contribution in [0.2, 0.25) is 0 Å². The van der Waals surface area contributed by atoms with Gasteiger partial charge >= 0.3 is 0 Å². The number of ether oxygens (including phenoxy) is 1. The molecule has 0 spiro atoms. The van der Waals surface area contributed by atoms with Crippen molar-refractivity contribution in [1.82, 2.24) is 15.1 Å². The van der Waals surface area contributed by atoms with E-state index in [1.165, 1.54) is 11.3 Å². The van der Waals surface area contributed by atoms with Crippen LogP contribution in [0.5, 0.6) is 0 Å². The van der Waals surface area contributed by atoms with Crippen LogP contribution < -0.4 is 5.32 Å². The molecule has 1 N–H and O–H groups in total. The molecule has 0 aliphatic heterocycles. The number of nitrogens with zero attached hydrogens (tertiary/aromatic N) is 2. The predicted molar refractivity (Wildman–Crippen MR) is 60.8 cm³/mol. The van der Waals surface area contributed by atoms with Crippen molar-refractivity contribution in [2.45, 2.75) is 33.9 Å². The number of aromatic nitrogens is 2. The molecule has 0 unspecified atom stereocenters. The average Bonchev–Trinajstić information content (AvgIpc) is 2.58. The Hall–Kier alpha value is -0.870. The summed E-state index contributed by atoms with van der Waals surface area (Å²) in [5, 5.41) is 7.64. The van der Waals surface area contributed by atoms with Crippen LogP contribution in [0.15, 0.2) is 6.20 Å². The van der Waals surface area contributed by atoms with Gasteiger partial charge in [-0.3, -0.25) is 4.68 Å². The highest BCUT2D eigenvalue weighted by Crippen LogP contribution is 2.06. The normalized spacial score (nSPS) is 10.9. The summed E-state index contributed by atoms with van der Waals surface area (Å²) in [4.78, 5) is 0. The van der Waals surface area contributed by atoms with Crippen LogP contribution in [0.1, 0.15) is 25.1 Å². The van der Waals surface area contributed by atoms with Crippen molar-refractivity contribution in [1.29, 1.82) is 0 Å². The molecule has 1 rings (SSSR count). The van der Waals surface area contributed by atoms with Crippen LogP contribution >= 0.6 is 0 Å². The topological polar surface area (TPSA) is 39.1 Å². The first-order valence-corrected chi connectivity index (χ1v) is 5.59. The molecule has 1 aromatic heterocycles.